The van der Waals surface area contributed by atoms with Crippen molar-refractivity contribution < 1.29 is 14.5 Å². The lowest BCUT2D eigenvalue weighted by Crippen LogP contribution is -2.22. The van der Waals surface area contributed by atoms with Crippen molar-refractivity contribution in [2.45, 2.75) is 26.4 Å². The second-order valence-electron chi connectivity index (χ2n) is 3.55. The lowest BCUT2D eigenvalue weighted by atomic mass is 10.2. The Kier molecular flexibility index (Phi) is 4.45. The summed E-state index contributed by atoms with van der Waals surface area (Å²) < 4.78 is 5.25. The molecule has 1 unspecified atom stereocenters. The van der Waals surface area contributed by atoms with Gasteiger partial charge in [0.2, 0.25) is 0 Å². The minimum absolute atomic E-state index is 0.0569. The van der Waals surface area contributed by atoms with E-state index in [4.69, 9.17) is 16.3 Å². The summed E-state index contributed by atoms with van der Waals surface area (Å²) in [6.07, 6.45) is -0.508. The average molecular weight is 258 g/mol. The molecule has 1 aromatic rings. The number of nitrogens with zero attached hydrogens (tertiary/aromatic N) is 1. The van der Waals surface area contributed by atoms with Crippen molar-refractivity contribution in [3.05, 3.63) is 33.9 Å². The Morgan fingerprint density at radius 3 is 2.71 bits per heavy atom. The molecule has 0 heterocycles. The fourth-order valence-corrected chi connectivity index (χ4v) is 1.51. The molecule has 0 saturated carbocycles. The minimum Gasteiger partial charge on any atom is -0.474 e. The van der Waals surface area contributed by atoms with Crippen LogP contribution in [0.3, 0.4) is 0 Å². The predicted molar refractivity (Wildman–Crippen MR) is 63.4 cm³/mol. The first-order valence-electron chi connectivity index (χ1n) is 5.06. The largest absolute Gasteiger partial charge is 0.474 e. The van der Waals surface area contributed by atoms with E-state index in [0.29, 0.717) is 6.42 Å². The molecule has 0 aliphatic heterocycles. The van der Waals surface area contributed by atoms with Gasteiger partial charge < -0.3 is 4.74 Å². The molecule has 6 heteroatoms. The lowest BCUT2D eigenvalue weighted by Gasteiger charge is -2.13. The molecule has 0 aromatic heterocycles. The summed E-state index contributed by atoms with van der Waals surface area (Å²) in [6, 6.07) is 4.53. The van der Waals surface area contributed by atoms with Gasteiger partial charge in [-0.05, 0) is 36.6 Å². The number of rotatable bonds is 5. The van der Waals surface area contributed by atoms with E-state index >= 15 is 0 Å². The van der Waals surface area contributed by atoms with E-state index in [9.17, 15) is 14.9 Å². The minimum atomic E-state index is -0.863. The first kappa shape index (κ1) is 13.4. The van der Waals surface area contributed by atoms with Crippen molar-refractivity contribution in [2.75, 3.05) is 0 Å². The van der Waals surface area contributed by atoms with Crippen LogP contribution in [0.4, 0.5) is 5.69 Å². The normalized spacial score (nSPS) is 11.9. The van der Waals surface area contributed by atoms with Crippen LogP contribution in [0.15, 0.2) is 18.2 Å². The van der Waals surface area contributed by atoms with Crippen LogP contribution in [0, 0.1) is 17.0 Å². The second kappa shape index (κ2) is 5.63. The van der Waals surface area contributed by atoms with Gasteiger partial charge in [0.25, 0.3) is 5.24 Å². The highest BCUT2D eigenvalue weighted by molar-refractivity contribution is 6.64. The fraction of sp³-hybridized carbons (Fsp3) is 0.364. The molecular weight excluding hydrogens is 246 g/mol. The molecule has 5 nitrogen and oxygen atoms in total. The number of aryl methyl sites for hydroxylation is 1. The Morgan fingerprint density at radius 1 is 1.59 bits per heavy atom. The molecule has 0 N–H and O–H groups in total. The molecular formula is C11H12ClNO4. The van der Waals surface area contributed by atoms with Gasteiger partial charge in [0.05, 0.1) is 4.92 Å². The molecule has 0 amide bonds. The molecule has 0 aliphatic carbocycles. The summed E-state index contributed by atoms with van der Waals surface area (Å²) in [5, 5.41) is 10.2. The number of halogens is 1. The molecule has 0 spiro atoms. The molecule has 0 fully saturated rings. The standard InChI is InChI=1S/C11H12ClNO4/c1-3-9(11(12)14)17-10-5-4-7(2)6-8(10)13(15)16/h4-6,9H,3H2,1-2H3. The molecule has 0 bridgehead atoms. The zero-order valence-electron chi connectivity index (χ0n) is 9.47. The molecule has 92 valence electrons. The van der Waals surface area contributed by atoms with E-state index in [-0.39, 0.29) is 11.4 Å². The molecule has 0 radical (unpaired) electrons. The summed E-state index contributed by atoms with van der Waals surface area (Å²) in [5.74, 6) is 0.0569. The van der Waals surface area contributed by atoms with Crippen LogP contribution in [-0.2, 0) is 4.79 Å². The van der Waals surface area contributed by atoms with Crippen molar-refractivity contribution >= 4 is 22.5 Å². The smallest absolute Gasteiger partial charge is 0.311 e. The monoisotopic (exact) mass is 257 g/mol. The number of nitro groups is 1. The molecule has 0 saturated heterocycles. The third-order valence-corrected chi connectivity index (χ3v) is 2.45. The Morgan fingerprint density at radius 2 is 2.24 bits per heavy atom. The number of ether oxygens (including phenoxy) is 1. The van der Waals surface area contributed by atoms with Crippen LogP contribution in [-0.4, -0.2) is 16.3 Å². The van der Waals surface area contributed by atoms with Crippen molar-refractivity contribution in [1.29, 1.82) is 0 Å². The number of carbonyl (C=O) groups excluding carboxylic acids is 1. The zero-order chi connectivity index (χ0) is 13.0. The Balaban J connectivity index is 3.05. The van der Waals surface area contributed by atoms with Crippen LogP contribution < -0.4 is 4.74 Å². The van der Waals surface area contributed by atoms with E-state index in [2.05, 4.69) is 0 Å². The van der Waals surface area contributed by atoms with Gasteiger partial charge in [-0.2, -0.15) is 0 Å². The summed E-state index contributed by atoms with van der Waals surface area (Å²) in [6.45, 7) is 3.45. The second-order valence-corrected chi connectivity index (χ2v) is 3.92. The highest BCUT2D eigenvalue weighted by atomic mass is 35.5. The first-order chi connectivity index (χ1) is 7.95. The molecule has 17 heavy (non-hydrogen) atoms. The maximum absolute atomic E-state index is 11.0. The van der Waals surface area contributed by atoms with Gasteiger partial charge in [-0.15, -0.1) is 0 Å². The molecule has 1 rings (SSSR count). The van der Waals surface area contributed by atoms with E-state index in [1.165, 1.54) is 12.1 Å². The summed E-state index contributed by atoms with van der Waals surface area (Å²) in [4.78, 5) is 21.3. The van der Waals surface area contributed by atoms with Gasteiger partial charge >= 0.3 is 5.69 Å². The van der Waals surface area contributed by atoms with E-state index in [1.54, 1.807) is 19.9 Å². The molecule has 1 atom stereocenters. The van der Waals surface area contributed by atoms with Crippen molar-refractivity contribution in [1.82, 2.24) is 0 Å². The van der Waals surface area contributed by atoms with Gasteiger partial charge in [-0.3, -0.25) is 14.9 Å². The van der Waals surface area contributed by atoms with Crippen LogP contribution in [0.1, 0.15) is 18.9 Å². The van der Waals surface area contributed by atoms with Gasteiger partial charge in [-0.25, -0.2) is 0 Å². The van der Waals surface area contributed by atoms with Gasteiger partial charge in [-0.1, -0.05) is 13.0 Å². The van der Waals surface area contributed by atoms with Gasteiger partial charge in [0.15, 0.2) is 11.9 Å². The maximum atomic E-state index is 11.0. The SMILES string of the molecule is CCC(Oc1ccc(C)cc1[N+](=O)[O-])C(=O)Cl. The molecule has 0 aliphatic rings. The Bertz CT molecular complexity index is 447. The van der Waals surface area contributed by atoms with Crippen molar-refractivity contribution in [2.24, 2.45) is 0 Å². The Hall–Kier alpha value is -1.62. The van der Waals surface area contributed by atoms with E-state index in [1.807, 2.05) is 0 Å². The highest BCUT2D eigenvalue weighted by Gasteiger charge is 2.21. The number of hydrogen-bond acceptors (Lipinski definition) is 4. The highest BCUT2D eigenvalue weighted by Crippen LogP contribution is 2.29. The zero-order valence-corrected chi connectivity index (χ0v) is 10.2. The number of nitro benzene ring substituents is 1. The van der Waals surface area contributed by atoms with Crippen LogP contribution >= 0.6 is 11.6 Å². The van der Waals surface area contributed by atoms with Crippen molar-refractivity contribution in [3.8, 4) is 5.75 Å². The topological polar surface area (TPSA) is 69.4 Å². The van der Waals surface area contributed by atoms with E-state index in [0.717, 1.165) is 5.56 Å². The number of carbonyl (C=O) groups is 1. The predicted octanol–water partition coefficient (Wildman–Crippen LogP) is 2.83. The summed E-state index contributed by atoms with van der Waals surface area (Å²) in [7, 11) is 0. The van der Waals surface area contributed by atoms with Gasteiger partial charge in [0, 0.05) is 6.07 Å². The summed E-state index contributed by atoms with van der Waals surface area (Å²) in [5.41, 5.74) is 0.579. The number of benzene rings is 1. The van der Waals surface area contributed by atoms with Gasteiger partial charge in [0.1, 0.15) is 0 Å². The fourth-order valence-electron chi connectivity index (χ4n) is 1.31. The van der Waals surface area contributed by atoms with Crippen LogP contribution in [0.25, 0.3) is 0 Å². The van der Waals surface area contributed by atoms with E-state index < -0.39 is 16.3 Å². The first-order valence-corrected chi connectivity index (χ1v) is 5.44. The third kappa shape index (κ3) is 3.42. The maximum Gasteiger partial charge on any atom is 0.311 e. The summed E-state index contributed by atoms with van der Waals surface area (Å²) >= 11 is 5.32. The van der Waals surface area contributed by atoms with Crippen molar-refractivity contribution in [3.63, 3.8) is 0 Å². The van der Waals surface area contributed by atoms with Crippen LogP contribution in [0.2, 0.25) is 0 Å². The lowest BCUT2D eigenvalue weighted by molar-refractivity contribution is -0.386. The van der Waals surface area contributed by atoms with Crippen LogP contribution in [0.5, 0.6) is 5.75 Å². The number of hydrogen-bond donors (Lipinski definition) is 0. The average Bonchev–Trinajstić information content (AvgIpc) is 2.26. The third-order valence-electron chi connectivity index (χ3n) is 2.20. The molecule has 1 aromatic carbocycles. The Labute approximate surface area is 103 Å². The quantitative estimate of drug-likeness (QED) is 0.462.